The number of thiophene rings is 1. The normalized spacial score (nSPS) is 10.2. The van der Waals surface area contributed by atoms with Crippen molar-refractivity contribution >= 4 is 56.1 Å². The van der Waals surface area contributed by atoms with Crippen molar-refractivity contribution in [1.82, 2.24) is 0 Å². The first kappa shape index (κ1) is 12.4. The van der Waals surface area contributed by atoms with Crippen molar-refractivity contribution in [2.45, 2.75) is 0 Å². The molecule has 0 aliphatic heterocycles. The Morgan fingerprint density at radius 3 is 2.76 bits per heavy atom. The number of carbonyl (C=O) groups is 1. The first-order valence-corrected chi connectivity index (χ1v) is 6.67. The zero-order valence-corrected chi connectivity index (χ0v) is 11.7. The number of nitrogen functional groups attached to an aromatic ring is 1. The lowest BCUT2D eigenvalue weighted by molar-refractivity contribution is 0.103. The van der Waals surface area contributed by atoms with E-state index in [1.807, 2.05) is 6.07 Å². The second-order valence-electron chi connectivity index (χ2n) is 3.29. The molecule has 1 heterocycles. The average molecular weight is 332 g/mol. The molecule has 3 N–H and O–H groups in total. The fourth-order valence-corrected chi connectivity index (χ4v) is 2.71. The van der Waals surface area contributed by atoms with E-state index in [1.54, 1.807) is 24.3 Å². The summed E-state index contributed by atoms with van der Waals surface area (Å²) in [4.78, 5) is 12.5. The smallest absolute Gasteiger partial charge is 0.265 e. The van der Waals surface area contributed by atoms with Gasteiger partial charge in [0.1, 0.15) is 0 Å². The minimum absolute atomic E-state index is 0.199. The van der Waals surface area contributed by atoms with E-state index >= 15 is 0 Å². The number of carbonyl (C=O) groups excluding carboxylic acids is 1. The van der Waals surface area contributed by atoms with E-state index in [2.05, 4.69) is 21.2 Å². The maximum Gasteiger partial charge on any atom is 0.265 e. The monoisotopic (exact) mass is 330 g/mol. The summed E-state index contributed by atoms with van der Waals surface area (Å²) in [5.41, 5.74) is 6.75. The van der Waals surface area contributed by atoms with Crippen LogP contribution in [-0.2, 0) is 0 Å². The highest BCUT2D eigenvalue weighted by Gasteiger charge is 2.10. The maximum atomic E-state index is 11.9. The van der Waals surface area contributed by atoms with E-state index in [0.717, 1.165) is 3.79 Å². The van der Waals surface area contributed by atoms with Crippen LogP contribution in [0.4, 0.5) is 11.4 Å². The topological polar surface area (TPSA) is 55.1 Å². The number of nitrogens with two attached hydrogens (primary N) is 1. The van der Waals surface area contributed by atoms with Gasteiger partial charge in [-0.05, 0) is 46.3 Å². The third kappa shape index (κ3) is 3.00. The van der Waals surface area contributed by atoms with E-state index in [4.69, 9.17) is 17.3 Å². The molecule has 0 aliphatic carbocycles. The van der Waals surface area contributed by atoms with Crippen LogP contribution in [0.2, 0.25) is 5.02 Å². The van der Waals surface area contributed by atoms with E-state index in [0.29, 0.717) is 21.3 Å². The third-order valence-electron chi connectivity index (χ3n) is 2.06. The molecule has 17 heavy (non-hydrogen) atoms. The molecule has 0 aliphatic rings. The predicted molar refractivity (Wildman–Crippen MR) is 75.8 cm³/mol. The SMILES string of the molecule is Nc1ccc(Cl)cc1NC(=O)c1ccc(Br)s1. The number of hydrogen-bond acceptors (Lipinski definition) is 3. The Balaban J connectivity index is 2.21. The molecule has 2 rings (SSSR count). The van der Waals surface area contributed by atoms with Crippen molar-refractivity contribution in [3.05, 3.63) is 44.0 Å². The van der Waals surface area contributed by atoms with E-state index in [9.17, 15) is 4.79 Å². The molecule has 0 bridgehead atoms. The summed E-state index contributed by atoms with van der Waals surface area (Å²) < 4.78 is 0.904. The lowest BCUT2D eigenvalue weighted by atomic mass is 10.2. The van der Waals surface area contributed by atoms with Gasteiger partial charge in [0.2, 0.25) is 0 Å². The Kier molecular flexibility index (Phi) is 3.71. The summed E-state index contributed by atoms with van der Waals surface area (Å²) in [5.74, 6) is -0.199. The van der Waals surface area contributed by atoms with Crippen LogP contribution in [0.15, 0.2) is 34.1 Å². The van der Waals surface area contributed by atoms with Crippen LogP contribution in [-0.4, -0.2) is 5.91 Å². The fraction of sp³-hybridized carbons (Fsp3) is 0. The van der Waals surface area contributed by atoms with Gasteiger partial charge < -0.3 is 11.1 Å². The lowest BCUT2D eigenvalue weighted by Gasteiger charge is -2.07. The van der Waals surface area contributed by atoms with Crippen molar-refractivity contribution < 1.29 is 4.79 Å². The highest BCUT2D eigenvalue weighted by atomic mass is 79.9. The molecule has 0 radical (unpaired) electrons. The molecule has 2 aromatic rings. The molecular weight excluding hydrogens is 324 g/mol. The molecule has 1 amide bonds. The van der Waals surface area contributed by atoms with Gasteiger partial charge in [-0.15, -0.1) is 11.3 Å². The third-order valence-corrected chi connectivity index (χ3v) is 3.92. The van der Waals surface area contributed by atoms with Crippen molar-refractivity contribution in [1.29, 1.82) is 0 Å². The second kappa shape index (κ2) is 5.08. The Hall–Kier alpha value is -1.04. The molecule has 0 saturated heterocycles. The molecule has 1 aromatic carbocycles. The molecule has 1 aromatic heterocycles. The molecule has 0 saturated carbocycles. The average Bonchev–Trinajstić information content (AvgIpc) is 2.70. The van der Waals surface area contributed by atoms with Gasteiger partial charge in [0.25, 0.3) is 5.91 Å². The Bertz CT molecular complexity index is 570. The number of nitrogens with one attached hydrogen (secondary N) is 1. The van der Waals surface area contributed by atoms with Gasteiger partial charge in [-0.2, -0.15) is 0 Å². The van der Waals surface area contributed by atoms with Crippen LogP contribution in [0.5, 0.6) is 0 Å². The minimum Gasteiger partial charge on any atom is -0.397 e. The first-order valence-electron chi connectivity index (χ1n) is 4.68. The summed E-state index contributed by atoms with van der Waals surface area (Å²) in [6, 6.07) is 8.51. The summed E-state index contributed by atoms with van der Waals surface area (Å²) in [6.07, 6.45) is 0. The molecule has 88 valence electrons. The second-order valence-corrected chi connectivity index (χ2v) is 6.19. The highest BCUT2D eigenvalue weighted by Crippen LogP contribution is 2.26. The van der Waals surface area contributed by atoms with Crippen molar-refractivity contribution in [2.24, 2.45) is 0 Å². The van der Waals surface area contributed by atoms with E-state index < -0.39 is 0 Å². The van der Waals surface area contributed by atoms with Crippen LogP contribution >= 0.6 is 38.9 Å². The van der Waals surface area contributed by atoms with Gasteiger partial charge in [0.05, 0.1) is 20.0 Å². The lowest BCUT2D eigenvalue weighted by Crippen LogP contribution is -2.11. The summed E-state index contributed by atoms with van der Waals surface area (Å²) in [6.45, 7) is 0. The van der Waals surface area contributed by atoms with E-state index in [-0.39, 0.29) is 5.91 Å². The highest BCUT2D eigenvalue weighted by molar-refractivity contribution is 9.11. The quantitative estimate of drug-likeness (QED) is 0.817. The van der Waals surface area contributed by atoms with Crippen LogP contribution in [0.25, 0.3) is 0 Å². The van der Waals surface area contributed by atoms with Gasteiger partial charge in [0.15, 0.2) is 0 Å². The minimum atomic E-state index is -0.199. The fourth-order valence-electron chi connectivity index (χ4n) is 1.26. The molecule has 0 spiro atoms. The number of benzene rings is 1. The molecule has 3 nitrogen and oxygen atoms in total. The number of halogens is 2. The van der Waals surface area contributed by atoms with Gasteiger partial charge >= 0.3 is 0 Å². The van der Waals surface area contributed by atoms with Crippen molar-refractivity contribution in [3.63, 3.8) is 0 Å². The Morgan fingerprint density at radius 2 is 2.12 bits per heavy atom. The van der Waals surface area contributed by atoms with Crippen LogP contribution in [0.1, 0.15) is 9.67 Å². The van der Waals surface area contributed by atoms with Gasteiger partial charge in [-0.3, -0.25) is 4.79 Å². The maximum absolute atomic E-state index is 11.9. The standard InChI is InChI=1S/C11H8BrClN2OS/c12-10-4-3-9(17-10)11(16)15-8-5-6(13)1-2-7(8)14/h1-5H,14H2,(H,15,16). The molecule has 0 unspecified atom stereocenters. The number of rotatable bonds is 2. The molecular formula is C11H8BrClN2OS. The number of hydrogen-bond donors (Lipinski definition) is 2. The molecule has 6 heteroatoms. The predicted octanol–water partition coefficient (Wildman–Crippen LogP) is 4.00. The van der Waals surface area contributed by atoms with Gasteiger partial charge in [0, 0.05) is 5.02 Å². The number of amides is 1. The summed E-state index contributed by atoms with van der Waals surface area (Å²) >= 11 is 10.5. The zero-order valence-electron chi connectivity index (χ0n) is 8.54. The first-order chi connectivity index (χ1) is 8.06. The summed E-state index contributed by atoms with van der Waals surface area (Å²) in [5, 5.41) is 3.25. The van der Waals surface area contributed by atoms with Crippen LogP contribution in [0.3, 0.4) is 0 Å². The van der Waals surface area contributed by atoms with Gasteiger partial charge in [-0.1, -0.05) is 11.6 Å². The van der Waals surface area contributed by atoms with Gasteiger partial charge in [-0.25, -0.2) is 0 Å². The van der Waals surface area contributed by atoms with Crippen LogP contribution < -0.4 is 11.1 Å². The van der Waals surface area contributed by atoms with Crippen LogP contribution in [0, 0.1) is 0 Å². The summed E-state index contributed by atoms with van der Waals surface area (Å²) in [7, 11) is 0. The largest absolute Gasteiger partial charge is 0.397 e. The molecule has 0 atom stereocenters. The Labute approximate surface area is 116 Å². The zero-order chi connectivity index (χ0) is 12.4. The molecule has 0 fully saturated rings. The van der Waals surface area contributed by atoms with Crippen molar-refractivity contribution in [3.8, 4) is 0 Å². The Morgan fingerprint density at radius 1 is 1.35 bits per heavy atom. The van der Waals surface area contributed by atoms with E-state index in [1.165, 1.54) is 11.3 Å². The number of anilines is 2. The van der Waals surface area contributed by atoms with Crippen molar-refractivity contribution in [2.75, 3.05) is 11.1 Å².